The van der Waals surface area contributed by atoms with Gasteiger partial charge in [-0.15, -0.1) is 0 Å². The first-order valence-electron chi connectivity index (χ1n) is 12.3. The zero-order valence-electron chi connectivity index (χ0n) is 20.4. The number of likely N-dealkylation sites (tertiary alicyclic amines) is 1. The number of nitrogens with one attached hydrogen (secondary N) is 1. The molecule has 1 N–H and O–H groups in total. The molecule has 2 saturated heterocycles. The van der Waals surface area contributed by atoms with Gasteiger partial charge in [0.2, 0.25) is 5.91 Å². The molecule has 4 rings (SSSR count). The molecule has 8 heteroatoms. The van der Waals surface area contributed by atoms with E-state index in [1.165, 1.54) is 12.1 Å². The first kappa shape index (κ1) is 24.7. The predicted octanol–water partition coefficient (Wildman–Crippen LogP) is 3.27. The maximum Gasteiger partial charge on any atom is 0.256 e. The average Bonchev–Trinajstić information content (AvgIpc) is 3.14. The molecule has 2 fully saturated rings. The Balaban J connectivity index is 1.51. The van der Waals surface area contributed by atoms with Crippen LogP contribution in [0.1, 0.15) is 43.5 Å². The van der Waals surface area contributed by atoms with E-state index in [-0.39, 0.29) is 29.8 Å². The summed E-state index contributed by atoms with van der Waals surface area (Å²) in [6.45, 7) is 5.69. The van der Waals surface area contributed by atoms with Gasteiger partial charge in [0.05, 0.1) is 12.2 Å². The van der Waals surface area contributed by atoms with E-state index in [1.807, 2.05) is 30.3 Å². The minimum absolute atomic E-state index is 0.00176. The van der Waals surface area contributed by atoms with Crippen LogP contribution in [0.5, 0.6) is 0 Å². The monoisotopic (exact) mass is 480 g/mol. The van der Waals surface area contributed by atoms with Crippen LogP contribution in [0, 0.1) is 11.7 Å². The molecule has 2 aromatic rings. The predicted molar refractivity (Wildman–Crippen MR) is 132 cm³/mol. The molecular formula is C27H33FN4O3. The molecule has 0 aromatic heterocycles. The van der Waals surface area contributed by atoms with Gasteiger partial charge in [-0.25, -0.2) is 4.39 Å². The fourth-order valence-electron chi connectivity index (χ4n) is 4.87. The minimum atomic E-state index is -0.843. The highest BCUT2D eigenvalue weighted by molar-refractivity contribution is 5.97. The van der Waals surface area contributed by atoms with E-state index in [4.69, 9.17) is 0 Å². The van der Waals surface area contributed by atoms with Crippen LogP contribution in [0.3, 0.4) is 0 Å². The summed E-state index contributed by atoms with van der Waals surface area (Å²) in [6, 6.07) is 15.6. The lowest BCUT2D eigenvalue weighted by Gasteiger charge is -2.43. The maximum atomic E-state index is 14.2. The number of benzene rings is 2. The van der Waals surface area contributed by atoms with Crippen molar-refractivity contribution >= 4 is 23.4 Å². The number of hydrogen-bond acceptors (Lipinski definition) is 4. The van der Waals surface area contributed by atoms with Crippen molar-refractivity contribution in [3.8, 4) is 0 Å². The van der Waals surface area contributed by atoms with Gasteiger partial charge in [-0.3, -0.25) is 14.4 Å². The number of para-hydroxylation sites is 1. The normalized spacial score (nSPS) is 18.1. The van der Waals surface area contributed by atoms with Crippen molar-refractivity contribution < 1.29 is 18.8 Å². The highest BCUT2D eigenvalue weighted by atomic mass is 19.1. The molecule has 186 valence electrons. The number of anilines is 1. The summed E-state index contributed by atoms with van der Waals surface area (Å²) in [5.74, 6) is -0.809. The van der Waals surface area contributed by atoms with Crippen molar-refractivity contribution in [2.75, 3.05) is 37.7 Å². The van der Waals surface area contributed by atoms with Crippen molar-refractivity contribution in [3.05, 3.63) is 66.0 Å². The largest absolute Gasteiger partial charge is 0.354 e. The highest BCUT2D eigenvalue weighted by Crippen LogP contribution is 2.39. The summed E-state index contributed by atoms with van der Waals surface area (Å²) >= 11 is 0. The molecule has 1 atom stereocenters. The van der Waals surface area contributed by atoms with Gasteiger partial charge in [0.1, 0.15) is 17.9 Å². The molecule has 7 nitrogen and oxygen atoms in total. The minimum Gasteiger partial charge on any atom is -0.354 e. The van der Waals surface area contributed by atoms with Gasteiger partial charge < -0.3 is 20.0 Å². The fourth-order valence-corrected chi connectivity index (χ4v) is 4.87. The second-order valence-electron chi connectivity index (χ2n) is 9.53. The highest BCUT2D eigenvalue weighted by Gasteiger charge is 2.54. The Morgan fingerprint density at radius 3 is 2.37 bits per heavy atom. The molecule has 0 bridgehead atoms. The van der Waals surface area contributed by atoms with Crippen LogP contribution in [0.25, 0.3) is 0 Å². The van der Waals surface area contributed by atoms with Crippen LogP contribution in [0.2, 0.25) is 0 Å². The number of rotatable bonds is 7. The Morgan fingerprint density at radius 1 is 1.06 bits per heavy atom. The summed E-state index contributed by atoms with van der Waals surface area (Å²) in [4.78, 5) is 44.6. The van der Waals surface area contributed by atoms with E-state index in [1.54, 1.807) is 21.9 Å². The van der Waals surface area contributed by atoms with Crippen LogP contribution in [0.4, 0.5) is 10.1 Å². The lowest BCUT2D eigenvalue weighted by atomic mass is 9.85. The second-order valence-corrected chi connectivity index (χ2v) is 9.53. The van der Waals surface area contributed by atoms with Gasteiger partial charge in [0, 0.05) is 25.3 Å². The molecule has 0 saturated carbocycles. The number of hydrogen-bond donors (Lipinski definition) is 1. The number of piperidine rings is 1. The van der Waals surface area contributed by atoms with Gasteiger partial charge in [0.25, 0.3) is 11.8 Å². The maximum absolute atomic E-state index is 14.2. The van der Waals surface area contributed by atoms with Crippen molar-refractivity contribution in [3.63, 3.8) is 0 Å². The second kappa shape index (κ2) is 10.5. The molecule has 2 aromatic carbocycles. The molecule has 2 aliphatic heterocycles. The molecule has 2 heterocycles. The quantitative estimate of drug-likeness (QED) is 0.660. The van der Waals surface area contributed by atoms with Gasteiger partial charge in [-0.05, 0) is 43.0 Å². The van der Waals surface area contributed by atoms with Crippen LogP contribution < -0.4 is 10.2 Å². The summed E-state index contributed by atoms with van der Waals surface area (Å²) < 4.78 is 14.2. The molecule has 2 aliphatic rings. The Bertz CT molecular complexity index is 1070. The smallest absolute Gasteiger partial charge is 0.256 e. The number of carbonyl (C=O) groups excluding carboxylic acids is 3. The molecular weight excluding hydrogens is 447 g/mol. The van der Waals surface area contributed by atoms with Gasteiger partial charge in [0.15, 0.2) is 0 Å². The molecule has 1 spiro atoms. The molecule has 0 radical (unpaired) electrons. The SMILES string of the molecule is CCC(C)CNC(=O)CN1CN(c2ccccc2)C2(CCN(C(=O)c3ccccc3F)CC2)C1=O. The fraction of sp³-hybridized carbons (Fsp3) is 0.444. The Hall–Kier alpha value is -3.42. The van der Waals surface area contributed by atoms with E-state index < -0.39 is 11.4 Å². The van der Waals surface area contributed by atoms with Gasteiger partial charge in [-0.1, -0.05) is 50.6 Å². The topological polar surface area (TPSA) is 73.0 Å². The standard InChI is InChI=1S/C27H33FN4O3/c1-3-20(2)17-29-24(33)18-31-19-32(21-9-5-4-6-10-21)27(26(31)35)13-15-30(16-14-27)25(34)22-11-7-8-12-23(22)28/h4-12,20H,3,13-19H2,1-2H3,(H,29,33). The lowest BCUT2D eigenvalue weighted by molar-refractivity contribution is -0.137. The average molecular weight is 481 g/mol. The van der Waals surface area contributed by atoms with Crippen molar-refractivity contribution in [1.29, 1.82) is 0 Å². The number of amides is 3. The van der Waals surface area contributed by atoms with E-state index >= 15 is 0 Å². The van der Waals surface area contributed by atoms with E-state index in [0.29, 0.717) is 45.1 Å². The van der Waals surface area contributed by atoms with Crippen molar-refractivity contribution in [1.82, 2.24) is 15.1 Å². The summed E-state index contributed by atoms with van der Waals surface area (Å²) in [5, 5.41) is 2.93. The lowest BCUT2D eigenvalue weighted by Crippen LogP contribution is -2.57. The Kier molecular flexibility index (Phi) is 7.38. The van der Waals surface area contributed by atoms with E-state index in [2.05, 4.69) is 24.1 Å². The summed E-state index contributed by atoms with van der Waals surface area (Å²) in [7, 11) is 0. The van der Waals surface area contributed by atoms with Crippen LogP contribution in [-0.2, 0) is 9.59 Å². The summed E-state index contributed by atoms with van der Waals surface area (Å²) in [5.41, 5.74) is 0.0997. The first-order chi connectivity index (χ1) is 16.9. The van der Waals surface area contributed by atoms with E-state index in [0.717, 1.165) is 12.1 Å². The molecule has 1 unspecified atom stereocenters. The van der Waals surface area contributed by atoms with Crippen molar-refractivity contribution in [2.24, 2.45) is 5.92 Å². The third kappa shape index (κ3) is 5.01. The van der Waals surface area contributed by atoms with Crippen molar-refractivity contribution in [2.45, 2.75) is 38.6 Å². The zero-order chi connectivity index (χ0) is 25.0. The summed E-state index contributed by atoms with van der Waals surface area (Å²) in [6.07, 6.45) is 1.79. The third-order valence-corrected chi connectivity index (χ3v) is 7.24. The van der Waals surface area contributed by atoms with Crippen LogP contribution >= 0.6 is 0 Å². The van der Waals surface area contributed by atoms with Gasteiger partial charge >= 0.3 is 0 Å². The number of nitrogens with zero attached hydrogens (tertiary/aromatic N) is 3. The molecule has 3 amide bonds. The third-order valence-electron chi connectivity index (χ3n) is 7.24. The zero-order valence-corrected chi connectivity index (χ0v) is 20.4. The van der Waals surface area contributed by atoms with E-state index in [9.17, 15) is 18.8 Å². The number of carbonyl (C=O) groups is 3. The number of halogens is 1. The molecule has 0 aliphatic carbocycles. The van der Waals surface area contributed by atoms with Crippen LogP contribution in [-0.4, -0.2) is 65.9 Å². The first-order valence-corrected chi connectivity index (χ1v) is 12.3. The van der Waals surface area contributed by atoms with Crippen LogP contribution in [0.15, 0.2) is 54.6 Å². The molecule has 35 heavy (non-hydrogen) atoms. The Morgan fingerprint density at radius 2 is 1.71 bits per heavy atom. The Labute approximate surface area is 205 Å². The van der Waals surface area contributed by atoms with Gasteiger partial charge in [-0.2, -0.15) is 0 Å².